The summed E-state index contributed by atoms with van der Waals surface area (Å²) in [4.78, 5) is 0. The molecule has 0 heteroatoms. The Bertz CT molecular complexity index is 512. The van der Waals surface area contributed by atoms with Gasteiger partial charge in [0, 0.05) is 0 Å². The second kappa shape index (κ2) is 10.3. The first-order valence-corrected chi connectivity index (χ1v) is 13.5. The Morgan fingerprint density at radius 1 is 0.581 bits per heavy atom. The van der Waals surface area contributed by atoms with Crippen LogP contribution in [0.2, 0.25) is 0 Å². The molecule has 31 heavy (non-hydrogen) atoms. The summed E-state index contributed by atoms with van der Waals surface area (Å²) in [5.74, 6) is 2.79. The summed E-state index contributed by atoms with van der Waals surface area (Å²) in [6, 6.07) is 0. The average Bonchev–Trinajstić information content (AvgIpc) is 3.19. The molecule has 0 unspecified atom stereocenters. The third kappa shape index (κ3) is 10.5. The monoisotopic (exact) mass is 432 g/mol. The van der Waals surface area contributed by atoms with Gasteiger partial charge in [0.2, 0.25) is 0 Å². The van der Waals surface area contributed by atoms with Crippen molar-refractivity contribution in [2.75, 3.05) is 0 Å². The number of rotatable bonds is 1. The van der Waals surface area contributed by atoms with Gasteiger partial charge in [0.15, 0.2) is 0 Å². The van der Waals surface area contributed by atoms with Crippen molar-refractivity contribution in [3.05, 3.63) is 12.2 Å². The van der Waals surface area contributed by atoms with Gasteiger partial charge in [0.05, 0.1) is 0 Å². The van der Waals surface area contributed by atoms with Crippen LogP contribution in [0.1, 0.15) is 141 Å². The molecule has 2 atom stereocenters. The summed E-state index contributed by atoms with van der Waals surface area (Å²) < 4.78 is 0. The van der Waals surface area contributed by atoms with Crippen LogP contribution in [0.4, 0.5) is 0 Å². The van der Waals surface area contributed by atoms with Crippen LogP contribution in [0.25, 0.3) is 0 Å². The highest BCUT2D eigenvalue weighted by atomic mass is 14.5. The van der Waals surface area contributed by atoms with Crippen molar-refractivity contribution in [3.63, 3.8) is 0 Å². The van der Waals surface area contributed by atoms with Crippen LogP contribution in [0.5, 0.6) is 0 Å². The molecule has 0 N–H and O–H groups in total. The molecule has 0 aromatic rings. The van der Waals surface area contributed by atoms with E-state index in [1.165, 1.54) is 51.4 Å². The topological polar surface area (TPSA) is 0 Å². The van der Waals surface area contributed by atoms with E-state index in [4.69, 9.17) is 0 Å². The lowest BCUT2D eigenvalue weighted by atomic mass is 9.68. The van der Waals surface area contributed by atoms with E-state index >= 15 is 0 Å². The molecule has 0 saturated heterocycles. The summed E-state index contributed by atoms with van der Waals surface area (Å²) in [6.45, 7) is 30.7. The van der Waals surface area contributed by atoms with Crippen molar-refractivity contribution >= 4 is 0 Å². The normalized spacial score (nSPS) is 28.0. The fourth-order valence-electron chi connectivity index (χ4n) is 6.58. The molecule has 0 aromatic carbocycles. The van der Waals surface area contributed by atoms with Crippen LogP contribution in [-0.2, 0) is 0 Å². The number of hydrogen-bond donors (Lipinski definition) is 0. The van der Waals surface area contributed by atoms with Gasteiger partial charge in [-0.25, -0.2) is 0 Å². The standard InChI is InChI=1S/2C11H22.C9H16/c2*1-10(2,3)9-7-6-8-11(9,4)5;1-9(2,3)7-6-8-4-5-8/h2*9H,6-8H2,1-5H3;6-8H,4-5H2,1-3H3/b;;7-6+/t2*9-;/m10./s1. The molecular formula is C31H60. The smallest absolute Gasteiger partial charge is 0.0203 e. The van der Waals surface area contributed by atoms with Crippen LogP contribution in [0.3, 0.4) is 0 Å². The van der Waals surface area contributed by atoms with Crippen molar-refractivity contribution in [2.24, 2.45) is 44.8 Å². The lowest BCUT2D eigenvalue weighted by Gasteiger charge is -2.37. The lowest BCUT2D eigenvalue weighted by Crippen LogP contribution is -2.29. The maximum absolute atomic E-state index is 2.43. The lowest BCUT2D eigenvalue weighted by molar-refractivity contribution is 0.120. The van der Waals surface area contributed by atoms with Gasteiger partial charge in [0.1, 0.15) is 0 Å². The molecule has 3 aliphatic carbocycles. The van der Waals surface area contributed by atoms with Gasteiger partial charge >= 0.3 is 0 Å². The Labute approximate surface area is 198 Å². The Balaban J connectivity index is 0.000000234. The van der Waals surface area contributed by atoms with Crippen molar-refractivity contribution in [2.45, 2.75) is 141 Å². The third-order valence-electron chi connectivity index (χ3n) is 8.10. The molecule has 3 saturated carbocycles. The van der Waals surface area contributed by atoms with E-state index in [-0.39, 0.29) is 0 Å². The minimum absolute atomic E-state index is 0.391. The molecule has 0 radical (unpaired) electrons. The van der Waals surface area contributed by atoms with Gasteiger partial charge in [-0.3, -0.25) is 0 Å². The molecule has 3 rings (SSSR count). The zero-order valence-corrected chi connectivity index (χ0v) is 24.0. The third-order valence-corrected chi connectivity index (χ3v) is 8.10. The van der Waals surface area contributed by atoms with Crippen molar-refractivity contribution in [3.8, 4) is 0 Å². The van der Waals surface area contributed by atoms with E-state index < -0.39 is 0 Å². The quantitative estimate of drug-likeness (QED) is 0.361. The van der Waals surface area contributed by atoms with Gasteiger partial charge < -0.3 is 0 Å². The molecule has 0 nitrogen and oxygen atoms in total. The predicted octanol–water partition coefficient (Wildman–Crippen LogP) is 10.7. The first kappa shape index (κ1) is 28.8. The minimum atomic E-state index is 0.391. The number of hydrogen-bond acceptors (Lipinski definition) is 0. The Kier molecular flexibility index (Phi) is 9.60. The van der Waals surface area contributed by atoms with Gasteiger partial charge in [-0.05, 0) is 83.4 Å². The van der Waals surface area contributed by atoms with Gasteiger partial charge in [-0.15, -0.1) is 0 Å². The molecule has 0 aliphatic heterocycles. The van der Waals surface area contributed by atoms with Crippen molar-refractivity contribution in [1.82, 2.24) is 0 Å². The summed E-state index contributed by atoms with van der Waals surface area (Å²) in [5, 5.41) is 0. The van der Waals surface area contributed by atoms with E-state index in [0.29, 0.717) is 27.1 Å². The van der Waals surface area contributed by atoms with Crippen LogP contribution >= 0.6 is 0 Å². The minimum Gasteiger partial charge on any atom is -0.0849 e. The van der Waals surface area contributed by atoms with Crippen LogP contribution in [-0.4, -0.2) is 0 Å². The first-order valence-electron chi connectivity index (χ1n) is 13.5. The highest BCUT2D eigenvalue weighted by Crippen LogP contribution is 2.51. The Morgan fingerprint density at radius 2 is 0.935 bits per heavy atom. The second-order valence-corrected chi connectivity index (χ2v) is 15.7. The summed E-state index contributed by atoms with van der Waals surface area (Å²) in [6.07, 6.45) is 16.1. The van der Waals surface area contributed by atoms with E-state index in [1.807, 2.05) is 0 Å². The van der Waals surface area contributed by atoms with Crippen molar-refractivity contribution in [1.29, 1.82) is 0 Å². The number of allylic oxidation sites excluding steroid dienone is 2. The van der Waals surface area contributed by atoms with Gasteiger partial charge in [-0.1, -0.05) is 115 Å². The fraction of sp³-hybridized carbons (Fsp3) is 0.935. The van der Waals surface area contributed by atoms with E-state index in [0.717, 1.165) is 17.8 Å². The molecule has 184 valence electrons. The van der Waals surface area contributed by atoms with Crippen molar-refractivity contribution < 1.29 is 0 Å². The maximum atomic E-state index is 2.43. The van der Waals surface area contributed by atoms with Gasteiger partial charge in [0.25, 0.3) is 0 Å². The Morgan fingerprint density at radius 3 is 1.10 bits per heavy atom. The second-order valence-electron chi connectivity index (χ2n) is 15.7. The molecule has 0 spiro atoms. The summed E-state index contributed by atoms with van der Waals surface area (Å²) in [5.41, 5.74) is 2.61. The highest BCUT2D eigenvalue weighted by molar-refractivity contribution is 5.00. The zero-order chi connectivity index (χ0) is 24.3. The highest BCUT2D eigenvalue weighted by Gasteiger charge is 2.42. The molecule has 0 aromatic heterocycles. The molecule has 3 fully saturated rings. The van der Waals surface area contributed by atoms with Crippen LogP contribution in [0.15, 0.2) is 12.2 Å². The van der Waals surface area contributed by atoms with E-state index in [2.05, 4.69) is 102 Å². The van der Waals surface area contributed by atoms with Crippen LogP contribution in [0, 0.1) is 44.8 Å². The van der Waals surface area contributed by atoms with E-state index in [9.17, 15) is 0 Å². The molecule has 3 aliphatic rings. The fourth-order valence-corrected chi connectivity index (χ4v) is 6.58. The molecule has 0 heterocycles. The zero-order valence-electron chi connectivity index (χ0n) is 24.0. The molecular weight excluding hydrogens is 372 g/mol. The SMILES string of the molecule is CC(C)(C)/C=C/C1CC1.CC(C)(C)[C@@H]1CCCC1(C)C.CC(C)(C)[C@H]1CCCC1(C)C. The van der Waals surface area contributed by atoms with Gasteiger partial charge in [-0.2, -0.15) is 0 Å². The first-order chi connectivity index (χ1) is 13.8. The Hall–Kier alpha value is -0.260. The molecule has 0 amide bonds. The largest absolute Gasteiger partial charge is 0.0849 e. The van der Waals surface area contributed by atoms with E-state index in [1.54, 1.807) is 0 Å². The maximum Gasteiger partial charge on any atom is -0.0203 e. The molecule has 0 bridgehead atoms. The van der Waals surface area contributed by atoms with Crippen LogP contribution < -0.4 is 0 Å². The average molecular weight is 433 g/mol. The summed E-state index contributed by atoms with van der Waals surface area (Å²) >= 11 is 0. The summed E-state index contributed by atoms with van der Waals surface area (Å²) in [7, 11) is 0. The predicted molar refractivity (Wildman–Crippen MR) is 142 cm³/mol.